The summed E-state index contributed by atoms with van der Waals surface area (Å²) in [4.78, 5) is 28.7. The van der Waals surface area contributed by atoms with E-state index in [1.807, 2.05) is 39.1 Å². The van der Waals surface area contributed by atoms with Crippen molar-refractivity contribution >= 4 is 49.3 Å². The number of piperazine rings is 1. The van der Waals surface area contributed by atoms with Crippen LogP contribution in [0, 0.1) is 0 Å². The maximum absolute atomic E-state index is 13.5. The molecule has 2 aromatic heterocycles. The highest BCUT2D eigenvalue weighted by Crippen LogP contribution is 2.35. The van der Waals surface area contributed by atoms with Gasteiger partial charge in [-0.05, 0) is 39.7 Å². The molecule has 1 saturated heterocycles. The molecule has 0 atom stereocenters. The maximum Gasteiger partial charge on any atom is 0.270 e. The molecule has 164 valence electrons. The summed E-state index contributed by atoms with van der Waals surface area (Å²) in [6.45, 7) is 4.26. The highest BCUT2D eigenvalue weighted by Gasteiger charge is 2.27. The molecule has 3 heterocycles. The zero-order chi connectivity index (χ0) is 22.1. The van der Waals surface area contributed by atoms with Crippen LogP contribution in [0.25, 0.3) is 10.2 Å². The van der Waals surface area contributed by atoms with Crippen LogP contribution in [0.2, 0.25) is 0 Å². The lowest BCUT2D eigenvalue weighted by Crippen LogP contribution is -2.50. The number of aromatic nitrogens is 1. The average molecular weight is 506 g/mol. The normalized spacial score (nSPS) is 14.2. The Morgan fingerprint density at radius 1 is 1.00 bits per heavy atom. The zero-order valence-corrected chi connectivity index (χ0v) is 20.1. The van der Waals surface area contributed by atoms with Gasteiger partial charge >= 0.3 is 0 Å². The number of methoxy groups -OCH3 is 2. The highest BCUT2D eigenvalue weighted by atomic mass is 79.9. The van der Waals surface area contributed by atoms with Gasteiger partial charge in [-0.2, -0.15) is 0 Å². The molecule has 31 heavy (non-hydrogen) atoms. The van der Waals surface area contributed by atoms with Crippen molar-refractivity contribution in [2.75, 3.05) is 40.4 Å². The number of benzene rings is 1. The van der Waals surface area contributed by atoms with E-state index in [2.05, 4.69) is 15.9 Å². The fraction of sp³-hybridized carbons (Fsp3) is 0.364. The van der Waals surface area contributed by atoms with Crippen LogP contribution in [-0.4, -0.2) is 66.6 Å². The van der Waals surface area contributed by atoms with E-state index in [1.54, 1.807) is 37.4 Å². The van der Waals surface area contributed by atoms with Crippen LogP contribution < -0.4 is 9.47 Å². The summed E-state index contributed by atoms with van der Waals surface area (Å²) in [5.41, 5.74) is 2.61. The molecule has 4 rings (SSSR count). The van der Waals surface area contributed by atoms with Crippen molar-refractivity contribution in [1.82, 2.24) is 14.4 Å². The highest BCUT2D eigenvalue weighted by molar-refractivity contribution is 9.10. The van der Waals surface area contributed by atoms with Crippen molar-refractivity contribution < 1.29 is 19.1 Å². The zero-order valence-electron chi connectivity index (χ0n) is 17.7. The van der Waals surface area contributed by atoms with Gasteiger partial charge < -0.3 is 23.8 Å². The molecule has 9 heteroatoms. The van der Waals surface area contributed by atoms with Crippen LogP contribution in [0.1, 0.15) is 23.0 Å². The first-order valence-electron chi connectivity index (χ1n) is 9.94. The van der Waals surface area contributed by atoms with Gasteiger partial charge in [0.2, 0.25) is 5.91 Å². The Balaban J connectivity index is 1.69. The standard InChI is InChI=1S/C22H24BrN3O4S/c1-14(27)24-4-6-25(7-5-24)22(28)19-11-20-21(18(23)13-31-20)26(19)12-15-8-16(29-2)10-17(9-15)30-3/h8-11,13H,4-7,12H2,1-3H3. The lowest BCUT2D eigenvalue weighted by atomic mass is 10.2. The average Bonchev–Trinajstić information content (AvgIpc) is 3.32. The second-order valence-electron chi connectivity index (χ2n) is 7.43. The minimum Gasteiger partial charge on any atom is -0.497 e. The molecule has 0 spiro atoms. The van der Waals surface area contributed by atoms with Gasteiger partial charge in [0.05, 0.1) is 28.9 Å². The second-order valence-corrected chi connectivity index (χ2v) is 9.20. The number of carbonyl (C=O) groups is 2. The molecule has 3 aromatic rings. The molecule has 0 saturated carbocycles. The van der Waals surface area contributed by atoms with Crippen LogP contribution in [0.3, 0.4) is 0 Å². The summed E-state index contributed by atoms with van der Waals surface area (Å²) in [6.07, 6.45) is 0. The van der Waals surface area contributed by atoms with Crippen molar-refractivity contribution in [3.63, 3.8) is 0 Å². The van der Waals surface area contributed by atoms with E-state index >= 15 is 0 Å². The Hall–Kier alpha value is -2.52. The summed E-state index contributed by atoms with van der Waals surface area (Å²) < 4.78 is 14.9. The molecule has 0 N–H and O–H groups in total. The minimum absolute atomic E-state index is 0.0200. The van der Waals surface area contributed by atoms with E-state index in [-0.39, 0.29) is 11.8 Å². The number of halogens is 1. The van der Waals surface area contributed by atoms with E-state index < -0.39 is 0 Å². The van der Waals surface area contributed by atoms with Crippen LogP contribution in [-0.2, 0) is 11.3 Å². The van der Waals surface area contributed by atoms with Gasteiger partial charge in [0.15, 0.2) is 0 Å². The van der Waals surface area contributed by atoms with E-state index in [4.69, 9.17) is 9.47 Å². The third-order valence-electron chi connectivity index (χ3n) is 5.56. The Labute approximate surface area is 193 Å². The molecule has 1 aliphatic heterocycles. The van der Waals surface area contributed by atoms with Crippen molar-refractivity contribution in [3.05, 3.63) is 45.4 Å². The lowest BCUT2D eigenvalue weighted by molar-refractivity contribution is -0.130. The molecule has 0 aliphatic carbocycles. The largest absolute Gasteiger partial charge is 0.497 e. The van der Waals surface area contributed by atoms with Crippen LogP contribution in [0.5, 0.6) is 11.5 Å². The maximum atomic E-state index is 13.5. The molecule has 0 bridgehead atoms. The SMILES string of the molecule is COc1cc(Cn2c(C(=O)N3CCN(C(C)=O)CC3)cc3scc(Br)c32)cc(OC)c1. The molecule has 1 aliphatic rings. The Kier molecular flexibility index (Phi) is 6.24. The third kappa shape index (κ3) is 4.29. The molecule has 0 unspecified atom stereocenters. The Bertz CT molecular complexity index is 1110. The van der Waals surface area contributed by atoms with Crippen LogP contribution in [0.15, 0.2) is 34.1 Å². The topological polar surface area (TPSA) is 64.0 Å². The predicted octanol–water partition coefficient (Wildman–Crippen LogP) is 3.84. The fourth-order valence-electron chi connectivity index (χ4n) is 3.90. The summed E-state index contributed by atoms with van der Waals surface area (Å²) >= 11 is 5.24. The van der Waals surface area contributed by atoms with Crippen LogP contribution >= 0.6 is 27.3 Å². The molecular weight excluding hydrogens is 482 g/mol. The van der Waals surface area contributed by atoms with Crippen molar-refractivity contribution in [2.24, 2.45) is 0 Å². The molecule has 0 radical (unpaired) electrons. The first-order chi connectivity index (χ1) is 14.9. The van der Waals surface area contributed by atoms with Gasteiger partial charge in [-0.15, -0.1) is 11.3 Å². The van der Waals surface area contributed by atoms with Crippen molar-refractivity contribution in [2.45, 2.75) is 13.5 Å². The number of amides is 2. The van der Waals surface area contributed by atoms with Crippen molar-refractivity contribution in [1.29, 1.82) is 0 Å². The quantitative estimate of drug-likeness (QED) is 0.528. The van der Waals surface area contributed by atoms with E-state index in [9.17, 15) is 9.59 Å². The molecule has 2 amide bonds. The molecule has 1 aromatic carbocycles. The van der Waals surface area contributed by atoms with Gasteiger partial charge in [-0.1, -0.05) is 0 Å². The Morgan fingerprint density at radius 3 is 2.19 bits per heavy atom. The number of fused-ring (bicyclic) bond motifs is 1. The van der Waals surface area contributed by atoms with Crippen LogP contribution in [0.4, 0.5) is 0 Å². The number of carbonyl (C=O) groups excluding carboxylic acids is 2. The minimum atomic E-state index is -0.0200. The summed E-state index contributed by atoms with van der Waals surface area (Å²) in [7, 11) is 3.25. The monoisotopic (exact) mass is 505 g/mol. The number of nitrogens with zero attached hydrogens (tertiary/aromatic N) is 3. The van der Waals surface area contributed by atoms with Gasteiger partial charge in [0, 0.05) is 51.1 Å². The number of thiophene rings is 1. The number of hydrogen-bond acceptors (Lipinski definition) is 5. The predicted molar refractivity (Wildman–Crippen MR) is 124 cm³/mol. The number of rotatable bonds is 5. The summed E-state index contributed by atoms with van der Waals surface area (Å²) in [6, 6.07) is 7.70. The molecule has 7 nitrogen and oxygen atoms in total. The van der Waals surface area contributed by atoms with Gasteiger partial charge in [0.25, 0.3) is 5.91 Å². The number of hydrogen-bond donors (Lipinski definition) is 0. The van der Waals surface area contributed by atoms with Gasteiger partial charge in [-0.3, -0.25) is 9.59 Å². The first kappa shape index (κ1) is 21.7. The van der Waals surface area contributed by atoms with Gasteiger partial charge in [-0.25, -0.2) is 0 Å². The lowest BCUT2D eigenvalue weighted by Gasteiger charge is -2.34. The smallest absolute Gasteiger partial charge is 0.270 e. The molecule has 1 fully saturated rings. The van der Waals surface area contributed by atoms with Gasteiger partial charge in [0.1, 0.15) is 17.2 Å². The third-order valence-corrected chi connectivity index (χ3v) is 7.39. The van der Waals surface area contributed by atoms with E-state index in [0.717, 1.165) is 20.3 Å². The van der Waals surface area contributed by atoms with Crippen molar-refractivity contribution in [3.8, 4) is 11.5 Å². The fourth-order valence-corrected chi connectivity index (χ4v) is 5.59. The Morgan fingerprint density at radius 2 is 1.61 bits per heavy atom. The second kappa shape index (κ2) is 8.92. The molecular formula is C22H24BrN3O4S. The summed E-state index contributed by atoms with van der Waals surface area (Å²) in [5, 5.41) is 2.03. The van der Waals surface area contributed by atoms with E-state index in [0.29, 0.717) is 49.9 Å². The van der Waals surface area contributed by atoms with E-state index in [1.165, 1.54) is 0 Å². The first-order valence-corrected chi connectivity index (χ1v) is 11.6. The summed E-state index contributed by atoms with van der Waals surface area (Å²) in [5.74, 6) is 1.44. The number of ether oxygens (including phenoxy) is 2.